The third kappa shape index (κ3) is 1.57. The molecular weight excluding hydrogens is 160 g/mol. The second-order valence-corrected chi connectivity index (χ2v) is 3.78. The SMILES string of the molecule is CC(C)Cn1ncc2ccccc21. The molecule has 13 heavy (non-hydrogen) atoms. The smallest absolute Gasteiger partial charge is 0.0682 e. The molecule has 0 saturated carbocycles. The lowest BCUT2D eigenvalue weighted by Crippen LogP contribution is -2.05. The van der Waals surface area contributed by atoms with Crippen molar-refractivity contribution in [3.8, 4) is 0 Å². The van der Waals surface area contributed by atoms with Gasteiger partial charge < -0.3 is 0 Å². The monoisotopic (exact) mass is 174 g/mol. The zero-order valence-corrected chi connectivity index (χ0v) is 8.07. The van der Waals surface area contributed by atoms with E-state index in [1.165, 1.54) is 10.9 Å². The predicted molar refractivity (Wildman–Crippen MR) is 54.6 cm³/mol. The molecule has 68 valence electrons. The van der Waals surface area contributed by atoms with Crippen molar-refractivity contribution in [3.63, 3.8) is 0 Å². The van der Waals surface area contributed by atoms with E-state index in [-0.39, 0.29) is 0 Å². The quantitative estimate of drug-likeness (QED) is 0.684. The highest BCUT2D eigenvalue weighted by molar-refractivity contribution is 5.78. The first-order chi connectivity index (χ1) is 6.27. The zero-order chi connectivity index (χ0) is 9.26. The average Bonchev–Trinajstić information content (AvgIpc) is 2.48. The Labute approximate surface area is 78.2 Å². The molecule has 0 N–H and O–H groups in total. The van der Waals surface area contributed by atoms with Crippen LogP contribution in [0.25, 0.3) is 10.9 Å². The summed E-state index contributed by atoms with van der Waals surface area (Å²) in [6.07, 6.45) is 1.93. The van der Waals surface area contributed by atoms with Gasteiger partial charge in [0, 0.05) is 11.9 Å². The van der Waals surface area contributed by atoms with E-state index in [9.17, 15) is 0 Å². The lowest BCUT2D eigenvalue weighted by Gasteiger charge is -2.05. The average molecular weight is 174 g/mol. The molecule has 0 aliphatic carbocycles. The van der Waals surface area contributed by atoms with Gasteiger partial charge >= 0.3 is 0 Å². The van der Waals surface area contributed by atoms with E-state index in [1.54, 1.807) is 0 Å². The summed E-state index contributed by atoms with van der Waals surface area (Å²) in [5.74, 6) is 0.642. The minimum atomic E-state index is 0.642. The number of aromatic nitrogens is 2. The summed E-state index contributed by atoms with van der Waals surface area (Å²) in [7, 11) is 0. The molecule has 0 amide bonds. The second-order valence-electron chi connectivity index (χ2n) is 3.78. The van der Waals surface area contributed by atoms with Crippen LogP contribution in [0, 0.1) is 5.92 Å². The number of hydrogen-bond donors (Lipinski definition) is 0. The molecule has 0 aliphatic heterocycles. The number of para-hydroxylation sites is 1. The molecule has 2 nitrogen and oxygen atoms in total. The van der Waals surface area contributed by atoms with Gasteiger partial charge in [0.05, 0.1) is 11.7 Å². The fourth-order valence-corrected chi connectivity index (χ4v) is 1.52. The van der Waals surface area contributed by atoms with E-state index in [4.69, 9.17) is 0 Å². The van der Waals surface area contributed by atoms with Crippen LogP contribution >= 0.6 is 0 Å². The third-order valence-electron chi connectivity index (χ3n) is 2.09. The maximum atomic E-state index is 4.35. The van der Waals surface area contributed by atoms with Crippen LogP contribution in [-0.2, 0) is 6.54 Å². The van der Waals surface area contributed by atoms with E-state index in [0.29, 0.717) is 5.92 Å². The molecule has 0 saturated heterocycles. The highest BCUT2D eigenvalue weighted by Gasteiger charge is 2.02. The lowest BCUT2D eigenvalue weighted by molar-refractivity contribution is 0.495. The minimum Gasteiger partial charge on any atom is -0.265 e. The first-order valence-electron chi connectivity index (χ1n) is 4.68. The van der Waals surface area contributed by atoms with Crippen molar-refractivity contribution in [2.24, 2.45) is 5.92 Å². The normalized spacial score (nSPS) is 11.3. The molecule has 1 heterocycles. The number of rotatable bonds is 2. The Morgan fingerprint density at radius 3 is 2.85 bits per heavy atom. The largest absolute Gasteiger partial charge is 0.265 e. The fraction of sp³-hybridized carbons (Fsp3) is 0.364. The first kappa shape index (κ1) is 8.30. The summed E-state index contributed by atoms with van der Waals surface area (Å²) in [6, 6.07) is 8.31. The molecule has 2 heteroatoms. The van der Waals surface area contributed by atoms with E-state index in [2.05, 4.69) is 41.8 Å². The van der Waals surface area contributed by atoms with Gasteiger partial charge in [-0.15, -0.1) is 0 Å². The highest BCUT2D eigenvalue weighted by atomic mass is 15.3. The van der Waals surface area contributed by atoms with Gasteiger partial charge in [0.1, 0.15) is 0 Å². The van der Waals surface area contributed by atoms with Crippen molar-refractivity contribution in [1.82, 2.24) is 9.78 Å². The molecule has 0 radical (unpaired) electrons. The summed E-state index contributed by atoms with van der Waals surface area (Å²) in [5, 5.41) is 5.58. The standard InChI is InChI=1S/C11H14N2/c1-9(2)8-13-11-6-4-3-5-10(11)7-12-13/h3-7,9H,8H2,1-2H3. The Balaban J connectivity index is 2.46. The molecule has 2 aromatic rings. The maximum absolute atomic E-state index is 4.35. The van der Waals surface area contributed by atoms with Crippen LogP contribution in [0.4, 0.5) is 0 Å². The molecule has 0 atom stereocenters. The van der Waals surface area contributed by atoms with Gasteiger partial charge in [-0.05, 0) is 12.0 Å². The molecule has 0 fully saturated rings. The number of nitrogens with zero attached hydrogens (tertiary/aromatic N) is 2. The van der Waals surface area contributed by atoms with E-state index in [0.717, 1.165) is 6.54 Å². The van der Waals surface area contributed by atoms with Crippen molar-refractivity contribution in [3.05, 3.63) is 30.5 Å². The molecular formula is C11H14N2. The molecule has 0 bridgehead atoms. The molecule has 1 aromatic heterocycles. The van der Waals surface area contributed by atoms with Gasteiger partial charge in [0.15, 0.2) is 0 Å². The zero-order valence-electron chi connectivity index (χ0n) is 8.07. The van der Waals surface area contributed by atoms with Gasteiger partial charge in [-0.1, -0.05) is 32.0 Å². The van der Waals surface area contributed by atoms with Crippen LogP contribution in [0.3, 0.4) is 0 Å². The maximum Gasteiger partial charge on any atom is 0.0682 e. The van der Waals surface area contributed by atoms with Crippen LogP contribution in [0.1, 0.15) is 13.8 Å². The molecule has 1 aromatic carbocycles. The highest BCUT2D eigenvalue weighted by Crippen LogP contribution is 2.13. The van der Waals surface area contributed by atoms with Crippen LogP contribution in [0.15, 0.2) is 30.5 Å². The molecule has 0 aliphatic rings. The third-order valence-corrected chi connectivity index (χ3v) is 2.09. The Bertz CT molecular complexity index is 401. The van der Waals surface area contributed by atoms with Crippen molar-refractivity contribution < 1.29 is 0 Å². The van der Waals surface area contributed by atoms with Crippen LogP contribution in [0.2, 0.25) is 0 Å². The van der Waals surface area contributed by atoms with Crippen LogP contribution in [-0.4, -0.2) is 9.78 Å². The van der Waals surface area contributed by atoms with Crippen molar-refractivity contribution >= 4 is 10.9 Å². The summed E-state index contributed by atoms with van der Waals surface area (Å²) < 4.78 is 2.07. The van der Waals surface area contributed by atoms with Gasteiger partial charge in [-0.25, -0.2) is 0 Å². The molecule has 0 spiro atoms. The lowest BCUT2D eigenvalue weighted by atomic mass is 10.2. The predicted octanol–water partition coefficient (Wildman–Crippen LogP) is 2.69. The Kier molecular flexibility index (Phi) is 2.05. The van der Waals surface area contributed by atoms with Gasteiger partial charge in [-0.2, -0.15) is 5.10 Å². The second kappa shape index (κ2) is 3.21. The van der Waals surface area contributed by atoms with E-state index < -0.39 is 0 Å². The van der Waals surface area contributed by atoms with Crippen molar-refractivity contribution in [2.45, 2.75) is 20.4 Å². The fourth-order valence-electron chi connectivity index (χ4n) is 1.52. The first-order valence-corrected chi connectivity index (χ1v) is 4.68. The van der Waals surface area contributed by atoms with E-state index >= 15 is 0 Å². The number of benzene rings is 1. The Hall–Kier alpha value is -1.31. The minimum absolute atomic E-state index is 0.642. The topological polar surface area (TPSA) is 17.8 Å². The molecule has 0 unspecified atom stereocenters. The Morgan fingerprint density at radius 1 is 1.31 bits per heavy atom. The number of fused-ring (bicyclic) bond motifs is 1. The van der Waals surface area contributed by atoms with Crippen LogP contribution in [0.5, 0.6) is 0 Å². The van der Waals surface area contributed by atoms with Crippen molar-refractivity contribution in [1.29, 1.82) is 0 Å². The van der Waals surface area contributed by atoms with Gasteiger partial charge in [0.25, 0.3) is 0 Å². The van der Waals surface area contributed by atoms with Crippen molar-refractivity contribution in [2.75, 3.05) is 0 Å². The van der Waals surface area contributed by atoms with Gasteiger partial charge in [-0.3, -0.25) is 4.68 Å². The number of hydrogen-bond acceptors (Lipinski definition) is 1. The summed E-state index contributed by atoms with van der Waals surface area (Å²) >= 11 is 0. The van der Waals surface area contributed by atoms with Crippen LogP contribution < -0.4 is 0 Å². The Morgan fingerprint density at radius 2 is 2.08 bits per heavy atom. The summed E-state index contributed by atoms with van der Waals surface area (Å²) in [4.78, 5) is 0. The van der Waals surface area contributed by atoms with Gasteiger partial charge in [0.2, 0.25) is 0 Å². The van der Waals surface area contributed by atoms with E-state index in [1.807, 2.05) is 12.3 Å². The summed E-state index contributed by atoms with van der Waals surface area (Å²) in [5.41, 5.74) is 1.23. The molecule has 2 rings (SSSR count). The summed E-state index contributed by atoms with van der Waals surface area (Å²) in [6.45, 7) is 5.40.